The summed E-state index contributed by atoms with van der Waals surface area (Å²) in [6, 6.07) is -0.441. The summed E-state index contributed by atoms with van der Waals surface area (Å²) in [5.74, 6) is -2.51. The zero-order valence-electron chi connectivity index (χ0n) is 30.2. The normalized spacial score (nSPS) is 25.8. The molecule has 0 unspecified atom stereocenters. The first-order valence-corrected chi connectivity index (χ1v) is 17.1. The molecule has 0 aromatic heterocycles. The lowest BCUT2D eigenvalue weighted by molar-refractivity contribution is -0.287. The maximum absolute atomic E-state index is 6.47. The van der Waals surface area contributed by atoms with E-state index in [-0.39, 0.29) is 64.1 Å². The maximum Gasteiger partial charge on any atom is 0.163 e. The Balaban J connectivity index is 1.24. The lowest BCUT2D eigenvalue weighted by Crippen LogP contribution is -2.46. The van der Waals surface area contributed by atoms with Crippen LogP contribution in [-0.2, 0) is 66.3 Å². The molecule has 0 saturated carbocycles. The Labute approximate surface area is 285 Å². The first kappa shape index (κ1) is 40.2. The van der Waals surface area contributed by atoms with Gasteiger partial charge in [-0.15, -0.1) is 0 Å². The van der Waals surface area contributed by atoms with Crippen molar-refractivity contribution in [1.29, 1.82) is 0 Å². The van der Waals surface area contributed by atoms with Crippen LogP contribution in [0.3, 0.4) is 0 Å². The predicted octanol–water partition coefficient (Wildman–Crippen LogP) is 1.76. The third-order valence-corrected chi connectivity index (χ3v) is 8.10. The molecule has 0 atom stereocenters. The Kier molecular flexibility index (Phi) is 15.3. The van der Waals surface area contributed by atoms with Gasteiger partial charge in [-0.25, -0.2) is 0 Å². The van der Waals surface area contributed by atoms with Crippen molar-refractivity contribution < 1.29 is 66.3 Å². The number of rotatable bonds is 18. The minimum atomic E-state index is -0.627. The molecule has 15 heteroatoms. The Morgan fingerprint density at radius 3 is 0.833 bits per heavy atom. The molecule has 4 saturated heterocycles. The van der Waals surface area contributed by atoms with Crippen molar-refractivity contribution in [2.24, 2.45) is 5.73 Å². The summed E-state index contributed by atoms with van der Waals surface area (Å²) in [7, 11) is 0. The van der Waals surface area contributed by atoms with E-state index in [1.807, 2.05) is 55.4 Å². The molecule has 0 aliphatic carbocycles. The van der Waals surface area contributed by atoms with Gasteiger partial charge >= 0.3 is 0 Å². The van der Waals surface area contributed by atoms with E-state index in [2.05, 4.69) is 0 Å². The van der Waals surface area contributed by atoms with E-state index in [1.54, 1.807) is 0 Å². The average Bonchev–Trinajstić information content (AvgIpc) is 3.02. The summed E-state index contributed by atoms with van der Waals surface area (Å²) in [6.07, 6.45) is -1.70. The van der Waals surface area contributed by atoms with Crippen LogP contribution in [0.25, 0.3) is 0 Å². The number of nitrogens with two attached hydrogens (primary N) is 1. The standard InChI is InChI=1S/C33H61NO14/c1-30(2)41-15-26(16-42-30)37-11-24(12-38-27-17-43-31(3,4)44-18-27)35-9-23(34)10-36-25(13-39-28-19-45-32(5,6)46-20-28)14-40-29-21-47-33(7,8)48-22-29/h23-29H,9-22,34H2,1-8H3. The summed E-state index contributed by atoms with van der Waals surface area (Å²) in [5, 5.41) is 0. The van der Waals surface area contributed by atoms with Crippen LogP contribution in [0, 0.1) is 0 Å². The van der Waals surface area contributed by atoms with Crippen LogP contribution in [0.2, 0.25) is 0 Å². The quantitative estimate of drug-likeness (QED) is 0.221. The van der Waals surface area contributed by atoms with Gasteiger partial charge in [0, 0.05) is 0 Å². The second-order valence-electron chi connectivity index (χ2n) is 14.6. The molecule has 15 nitrogen and oxygen atoms in total. The van der Waals surface area contributed by atoms with E-state index < -0.39 is 41.4 Å². The molecular formula is C33H61NO14. The molecule has 0 bridgehead atoms. The van der Waals surface area contributed by atoms with Crippen molar-refractivity contribution in [3.05, 3.63) is 0 Å². The van der Waals surface area contributed by atoms with Gasteiger partial charge in [0.15, 0.2) is 23.1 Å². The van der Waals surface area contributed by atoms with Gasteiger partial charge in [0.1, 0.15) is 36.6 Å². The fraction of sp³-hybridized carbons (Fsp3) is 1.00. The fourth-order valence-electron chi connectivity index (χ4n) is 4.92. The number of hydrogen-bond acceptors (Lipinski definition) is 15. The van der Waals surface area contributed by atoms with Crippen LogP contribution >= 0.6 is 0 Å². The number of ether oxygens (including phenoxy) is 14. The molecule has 4 aliphatic heterocycles. The molecule has 0 radical (unpaired) electrons. The Hall–Kier alpha value is -0.600. The average molecular weight is 696 g/mol. The summed E-state index contributed by atoms with van der Waals surface area (Å²) in [5.41, 5.74) is 6.47. The Morgan fingerprint density at radius 2 is 0.625 bits per heavy atom. The van der Waals surface area contributed by atoms with Crippen LogP contribution in [0.4, 0.5) is 0 Å². The second kappa shape index (κ2) is 18.2. The van der Waals surface area contributed by atoms with E-state index in [4.69, 9.17) is 72.0 Å². The van der Waals surface area contributed by atoms with E-state index in [0.29, 0.717) is 52.9 Å². The van der Waals surface area contributed by atoms with Crippen molar-refractivity contribution >= 4 is 0 Å². The molecular weight excluding hydrogens is 634 g/mol. The summed E-state index contributed by atoms with van der Waals surface area (Å²) >= 11 is 0. The molecule has 48 heavy (non-hydrogen) atoms. The second-order valence-corrected chi connectivity index (χ2v) is 14.6. The van der Waals surface area contributed by atoms with Crippen molar-refractivity contribution in [3.8, 4) is 0 Å². The van der Waals surface area contributed by atoms with Crippen LogP contribution < -0.4 is 5.73 Å². The van der Waals surface area contributed by atoms with Gasteiger partial charge in [0.25, 0.3) is 0 Å². The molecule has 0 spiro atoms. The van der Waals surface area contributed by atoms with Gasteiger partial charge < -0.3 is 72.0 Å². The van der Waals surface area contributed by atoms with Crippen LogP contribution in [-0.4, -0.2) is 158 Å². The number of hydrogen-bond donors (Lipinski definition) is 1. The molecule has 282 valence electrons. The van der Waals surface area contributed by atoms with Crippen LogP contribution in [0.15, 0.2) is 0 Å². The van der Waals surface area contributed by atoms with Gasteiger partial charge in [-0.3, -0.25) is 0 Å². The van der Waals surface area contributed by atoms with Crippen molar-refractivity contribution in [2.75, 3.05) is 92.5 Å². The van der Waals surface area contributed by atoms with Crippen molar-refractivity contribution in [1.82, 2.24) is 0 Å². The topological polar surface area (TPSA) is 155 Å². The van der Waals surface area contributed by atoms with Gasteiger partial charge in [-0.2, -0.15) is 0 Å². The summed E-state index contributed by atoms with van der Waals surface area (Å²) in [6.45, 7) is 19.9. The van der Waals surface area contributed by atoms with E-state index in [1.165, 1.54) is 0 Å². The lowest BCUT2D eigenvalue weighted by atomic mass is 10.2. The lowest BCUT2D eigenvalue weighted by Gasteiger charge is -2.36. The molecule has 0 amide bonds. The zero-order valence-corrected chi connectivity index (χ0v) is 30.2. The summed E-state index contributed by atoms with van der Waals surface area (Å²) in [4.78, 5) is 0. The third-order valence-electron chi connectivity index (χ3n) is 8.10. The largest absolute Gasteiger partial charge is 0.372 e. The van der Waals surface area contributed by atoms with Gasteiger partial charge in [0.2, 0.25) is 0 Å². The van der Waals surface area contributed by atoms with Crippen molar-refractivity contribution in [2.45, 2.75) is 121 Å². The maximum atomic E-state index is 6.47. The fourth-order valence-corrected chi connectivity index (χ4v) is 4.92. The Bertz CT molecular complexity index is 760. The highest BCUT2D eigenvalue weighted by atomic mass is 16.7. The molecule has 4 rings (SSSR count). The SMILES string of the molecule is CC1(C)OCC(OCC(COC2COC(C)(C)OC2)OCC(N)COC(COC2COC(C)(C)OC2)COC2COC(C)(C)OC2)CO1. The first-order valence-electron chi connectivity index (χ1n) is 17.1. The molecule has 0 aromatic carbocycles. The van der Waals surface area contributed by atoms with Crippen LogP contribution in [0.5, 0.6) is 0 Å². The van der Waals surface area contributed by atoms with Gasteiger partial charge in [-0.1, -0.05) is 0 Å². The molecule has 4 fully saturated rings. The van der Waals surface area contributed by atoms with Gasteiger partial charge in [-0.05, 0) is 55.4 Å². The highest BCUT2D eigenvalue weighted by Crippen LogP contribution is 2.22. The molecule has 4 aliphatic rings. The molecule has 2 N–H and O–H groups in total. The van der Waals surface area contributed by atoms with E-state index >= 15 is 0 Å². The predicted molar refractivity (Wildman–Crippen MR) is 170 cm³/mol. The molecule has 4 heterocycles. The zero-order chi connectivity index (χ0) is 34.8. The smallest absolute Gasteiger partial charge is 0.163 e. The van der Waals surface area contributed by atoms with Gasteiger partial charge in [0.05, 0.1) is 98.5 Å². The minimum Gasteiger partial charge on any atom is -0.372 e. The monoisotopic (exact) mass is 695 g/mol. The third kappa shape index (κ3) is 14.9. The van der Waals surface area contributed by atoms with E-state index in [0.717, 1.165) is 0 Å². The summed E-state index contributed by atoms with van der Waals surface area (Å²) < 4.78 is 82.6. The first-order chi connectivity index (χ1) is 22.6. The molecule has 0 aromatic rings. The minimum absolute atomic E-state index is 0.208. The van der Waals surface area contributed by atoms with Crippen LogP contribution in [0.1, 0.15) is 55.4 Å². The highest BCUT2D eigenvalue weighted by Gasteiger charge is 2.33. The highest BCUT2D eigenvalue weighted by molar-refractivity contribution is 4.74. The van der Waals surface area contributed by atoms with Crippen molar-refractivity contribution in [3.63, 3.8) is 0 Å². The Morgan fingerprint density at radius 1 is 0.417 bits per heavy atom. The van der Waals surface area contributed by atoms with E-state index in [9.17, 15) is 0 Å².